The molecule has 0 saturated heterocycles. The number of anilines is 2. The molecule has 0 radical (unpaired) electrons. The second kappa shape index (κ2) is 8.46. The minimum atomic E-state index is -0.0923. The third-order valence-corrected chi connectivity index (χ3v) is 3.62. The molecule has 1 amide bonds. The van der Waals surface area contributed by atoms with Crippen molar-refractivity contribution >= 4 is 17.5 Å². The zero-order chi connectivity index (χ0) is 18.4. The molecule has 134 valence electrons. The third kappa shape index (κ3) is 4.92. The minimum Gasteiger partial charge on any atom is -0.489 e. The molecule has 1 aromatic carbocycles. The Kier molecular flexibility index (Phi) is 6.33. The second-order valence-electron chi connectivity index (χ2n) is 5.98. The Morgan fingerprint density at radius 1 is 1.20 bits per heavy atom. The van der Waals surface area contributed by atoms with Crippen LogP contribution in [0.3, 0.4) is 0 Å². The number of para-hydroxylation sites is 2. The Morgan fingerprint density at radius 2 is 1.88 bits per heavy atom. The van der Waals surface area contributed by atoms with Crippen molar-refractivity contribution in [2.45, 2.75) is 40.7 Å². The van der Waals surface area contributed by atoms with Gasteiger partial charge in [-0.3, -0.25) is 4.79 Å². The van der Waals surface area contributed by atoms with Crippen molar-refractivity contribution in [2.24, 2.45) is 0 Å². The van der Waals surface area contributed by atoms with E-state index < -0.39 is 0 Å². The summed E-state index contributed by atoms with van der Waals surface area (Å²) in [4.78, 5) is 23.1. The zero-order valence-electron chi connectivity index (χ0n) is 15.5. The van der Waals surface area contributed by atoms with Crippen LogP contribution < -0.4 is 10.1 Å². The van der Waals surface area contributed by atoms with Crippen molar-refractivity contribution in [1.29, 1.82) is 0 Å². The lowest BCUT2D eigenvalue weighted by Gasteiger charge is -2.19. The summed E-state index contributed by atoms with van der Waals surface area (Å²) >= 11 is 0. The van der Waals surface area contributed by atoms with Gasteiger partial charge in [0.2, 0.25) is 5.95 Å². The van der Waals surface area contributed by atoms with Gasteiger partial charge in [0.1, 0.15) is 11.4 Å². The number of hydrogen-bond donors (Lipinski definition) is 1. The number of carbonyl (C=O) groups is 1. The minimum absolute atomic E-state index is 0.0567. The summed E-state index contributed by atoms with van der Waals surface area (Å²) in [7, 11) is 0. The summed E-state index contributed by atoms with van der Waals surface area (Å²) < 4.78 is 5.81. The van der Waals surface area contributed by atoms with Gasteiger partial charge in [0.15, 0.2) is 0 Å². The van der Waals surface area contributed by atoms with Crippen molar-refractivity contribution in [3.8, 4) is 5.75 Å². The Morgan fingerprint density at radius 3 is 2.52 bits per heavy atom. The molecule has 0 aliphatic carbocycles. The number of benzene rings is 1. The van der Waals surface area contributed by atoms with E-state index in [0.29, 0.717) is 24.7 Å². The van der Waals surface area contributed by atoms with Crippen LogP contribution in [0.15, 0.2) is 30.3 Å². The fraction of sp³-hybridized carbons (Fsp3) is 0.421. The Labute approximate surface area is 149 Å². The van der Waals surface area contributed by atoms with Crippen molar-refractivity contribution in [2.75, 3.05) is 18.4 Å². The molecule has 6 heteroatoms. The first-order chi connectivity index (χ1) is 11.9. The predicted octanol–water partition coefficient (Wildman–Crippen LogP) is 3.80. The van der Waals surface area contributed by atoms with Crippen LogP contribution >= 0.6 is 0 Å². The van der Waals surface area contributed by atoms with E-state index in [1.165, 1.54) is 0 Å². The molecule has 0 atom stereocenters. The highest BCUT2D eigenvalue weighted by atomic mass is 16.5. The van der Waals surface area contributed by atoms with E-state index >= 15 is 0 Å². The fourth-order valence-corrected chi connectivity index (χ4v) is 2.45. The smallest absolute Gasteiger partial charge is 0.272 e. The Balaban J connectivity index is 2.31. The van der Waals surface area contributed by atoms with E-state index in [0.717, 1.165) is 17.1 Å². The zero-order valence-corrected chi connectivity index (χ0v) is 15.5. The normalized spacial score (nSPS) is 10.6. The van der Waals surface area contributed by atoms with Crippen LogP contribution in [0.1, 0.15) is 43.9 Å². The summed E-state index contributed by atoms with van der Waals surface area (Å²) in [5.74, 6) is 1.01. The SMILES string of the molecule is CCN(CC)C(=O)c1cc(C)nc(Nc2ccccc2OC(C)C)n1. The first kappa shape index (κ1) is 18.7. The van der Waals surface area contributed by atoms with Crippen LogP contribution in [0.25, 0.3) is 0 Å². The number of rotatable bonds is 7. The van der Waals surface area contributed by atoms with Crippen LogP contribution in [0.2, 0.25) is 0 Å². The van der Waals surface area contributed by atoms with Gasteiger partial charge in [-0.05, 0) is 52.8 Å². The topological polar surface area (TPSA) is 67.4 Å². The number of ether oxygens (including phenoxy) is 1. The maximum absolute atomic E-state index is 12.6. The van der Waals surface area contributed by atoms with Crippen molar-refractivity contribution in [1.82, 2.24) is 14.9 Å². The van der Waals surface area contributed by atoms with E-state index in [1.54, 1.807) is 11.0 Å². The van der Waals surface area contributed by atoms with Gasteiger partial charge >= 0.3 is 0 Å². The quantitative estimate of drug-likeness (QED) is 0.829. The molecule has 2 rings (SSSR count). The number of carbonyl (C=O) groups excluding carboxylic acids is 1. The molecule has 25 heavy (non-hydrogen) atoms. The first-order valence-corrected chi connectivity index (χ1v) is 8.62. The van der Waals surface area contributed by atoms with E-state index in [9.17, 15) is 4.79 Å². The number of nitrogens with zero attached hydrogens (tertiary/aromatic N) is 3. The largest absolute Gasteiger partial charge is 0.489 e. The first-order valence-electron chi connectivity index (χ1n) is 8.62. The number of amides is 1. The predicted molar refractivity (Wildman–Crippen MR) is 99.5 cm³/mol. The third-order valence-electron chi connectivity index (χ3n) is 3.62. The van der Waals surface area contributed by atoms with Crippen molar-refractivity contribution in [3.05, 3.63) is 41.7 Å². The lowest BCUT2D eigenvalue weighted by Crippen LogP contribution is -2.31. The van der Waals surface area contributed by atoms with Crippen LogP contribution in [-0.4, -0.2) is 40.0 Å². The lowest BCUT2D eigenvalue weighted by atomic mass is 10.2. The number of aromatic nitrogens is 2. The van der Waals surface area contributed by atoms with E-state index in [4.69, 9.17) is 4.74 Å². The van der Waals surface area contributed by atoms with E-state index in [1.807, 2.05) is 58.9 Å². The highest BCUT2D eigenvalue weighted by Crippen LogP contribution is 2.27. The monoisotopic (exact) mass is 342 g/mol. The highest BCUT2D eigenvalue weighted by Gasteiger charge is 2.16. The number of aryl methyl sites for hydroxylation is 1. The van der Waals surface area contributed by atoms with Gasteiger partial charge in [-0.2, -0.15) is 0 Å². The van der Waals surface area contributed by atoms with Gasteiger partial charge in [-0.15, -0.1) is 0 Å². The van der Waals surface area contributed by atoms with E-state index in [2.05, 4.69) is 15.3 Å². The molecular formula is C19H26N4O2. The molecular weight excluding hydrogens is 316 g/mol. The summed E-state index contributed by atoms with van der Waals surface area (Å²) in [6, 6.07) is 9.32. The molecule has 0 fully saturated rings. The van der Waals surface area contributed by atoms with Crippen molar-refractivity contribution < 1.29 is 9.53 Å². The maximum Gasteiger partial charge on any atom is 0.272 e. The second-order valence-corrected chi connectivity index (χ2v) is 5.98. The summed E-state index contributed by atoms with van der Waals surface area (Å²) in [5.41, 5.74) is 1.89. The molecule has 6 nitrogen and oxygen atoms in total. The molecule has 1 N–H and O–H groups in total. The van der Waals surface area contributed by atoms with Gasteiger partial charge in [-0.1, -0.05) is 12.1 Å². The average molecular weight is 342 g/mol. The van der Waals surface area contributed by atoms with E-state index in [-0.39, 0.29) is 12.0 Å². The molecule has 2 aromatic rings. The lowest BCUT2D eigenvalue weighted by molar-refractivity contribution is 0.0767. The summed E-state index contributed by atoms with van der Waals surface area (Å²) in [5, 5.41) is 3.17. The van der Waals surface area contributed by atoms with Gasteiger partial charge in [-0.25, -0.2) is 9.97 Å². The summed E-state index contributed by atoms with van der Waals surface area (Å²) in [6.07, 6.45) is 0.0567. The Bertz CT molecular complexity index is 727. The molecule has 0 aliphatic rings. The molecule has 0 bridgehead atoms. The van der Waals surface area contributed by atoms with Gasteiger partial charge in [0.05, 0.1) is 11.8 Å². The molecule has 0 aliphatic heterocycles. The van der Waals surface area contributed by atoms with Gasteiger partial charge in [0, 0.05) is 18.8 Å². The van der Waals surface area contributed by atoms with Crippen LogP contribution in [0.5, 0.6) is 5.75 Å². The van der Waals surface area contributed by atoms with Gasteiger partial charge < -0.3 is 15.0 Å². The molecule has 1 heterocycles. The molecule has 1 aromatic heterocycles. The number of nitrogens with one attached hydrogen (secondary N) is 1. The maximum atomic E-state index is 12.6. The molecule has 0 unspecified atom stereocenters. The molecule has 0 saturated carbocycles. The van der Waals surface area contributed by atoms with Crippen LogP contribution in [-0.2, 0) is 0 Å². The highest BCUT2D eigenvalue weighted by molar-refractivity contribution is 5.92. The summed E-state index contributed by atoms with van der Waals surface area (Å²) in [6.45, 7) is 11.0. The van der Waals surface area contributed by atoms with Crippen LogP contribution in [0.4, 0.5) is 11.6 Å². The number of hydrogen-bond acceptors (Lipinski definition) is 5. The standard InChI is InChI=1S/C19H26N4O2/c1-6-23(7-2)18(24)16-12-14(5)20-19(22-16)21-15-10-8-9-11-17(15)25-13(3)4/h8-13H,6-7H2,1-5H3,(H,20,21,22). The van der Waals surface area contributed by atoms with Gasteiger partial charge in [0.25, 0.3) is 5.91 Å². The molecule has 0 spiro atoms. The average Bonchev–Trinajstić information content (AvgIpc) is 2.56. The van der Waals surface area contributed by atoms with Crippen LogP contribution in [0, 0.1) is 6.92 Å². The fourth-order valence-electron chi connectivity index (χ4n) is 2.45. The van der Waals surface area contributed by atoms with Crippen molar-refractivity contribution in [3.63, 3.8) is 0 Å². The Hall–Kier alpha value is -2.63.